The first kappa shape index (κ1) is 18.1. The van der Waals surface area contributed by atoms with Crippen molar-refractivity contribution in [2.45, 2.75) is 6.92 Å². The molecule has 0 amide bonds. The fourth-order valence-electron chi connectivity index (χ4n) is 3.10. The van der Waals surface area contributed by atoms with Crippen LogP contribution < -0.4 is 0 Å². The maximum absolute atomic E-state index is 12.9. The lowest BCUT2D eigenvalue weighted by molar-refractivity contribution is 0.101. The van der Waals surface area contributed by atoms with Crippen molar-refractivity contribution >= 4 is 51.6 Å². The predicted octanol–water partition coefficient (Wildman–Crippen LogP) is 7.60. The summed E-state index contributed by atoms with van der Waals surface area (Å²) in [4.78, 5) is 12.9. The molecule has 1 heterocycles. The summed E-state index contributed by atoms with van der Waals surface area (Å²) in [5.41, 5.74) is 3.58. The quantitative estimate of drug-likeness (QED) is 0.322. The van der Waals surface area contributed by atoms with Gasteiger partial charge in [-0.1, -0.05) is 65.1 Å². The number of ketones is 1. The third-order valence-electron chi connectivity index (χ3n) is 4.51. The second-order valence-corrected chi connectivity index (χ2v) is 7.45. The Morgan fingerprint density at radius 2 is 1.67 bits per heavy atom. The molecule has 0 saturated carbocycles. The van der Waals surface area contributed by atoms with E-state index in [1.807, 2.05) is 49.4 Å². The maximum atomic E-state index is 12.9. The van der Waals surface area contributed by atoms with Crippen molar-refractivity contribution in [3.63, 3.8) is 0 Å². The van der Waals surface area contributed by atoms with Gasteiger partial charge in [0.2, 0.25) is 5.78 Å². The van der Waals surface area contributed by atoms with Crippen LogP contribution in [0.15, 0.2) is 65.1 Å². The van der Waals surface area contributed by atoms with E-state index < -0.39 is 0 Å². The zero-order chi connectivity index (χ0) is 19.1. The summed E-state index contributed by atoms with van der Waals surface area (Å²) in [6.07, 6.45) is 0. The van der Waals surface area contributed by atoms with Crippen LogP contribution in [-0.4, -0.2) is 5.78 Å². The molecule has 2 nitrogen and oxygen atoms in total. The third-order valence-corrected chi connectivity index (χ3v) is 5.38. The Kier molecular flexibility index (Phi) is 4.73. The lowest BCUT2D eigenvalue weighted by Crippen LogP contribution is -2.02. The van der Waals surface area contributed by atoms with E-state index in [0.717, 1.165) is 22.1 Å². The molecule has 0 aliphatic heterocycles. The molecular weight excluding hydrogens is 403 g/mol. The average Bonchev–Trinajstić information content (AvgIpc) is 2.98. The number of rotatable bonds is 3. The van der Waals surface area contributed by atoms with Gasteiger partial charge in [-0.05, 0) is 42.8 Å². The Labute approximate surface area is 171 Å². The van der Waals surface area contributed by atoms with Crippen molar-refractivity contribution in [1.29, 1.82) is 0 Å². The van der Waals surface area contributed by atoms with E-state index in [0.29, 0.717) is 26.2 Å². The lowest BCUT2D eigenvalue weighted by atomic mass is 10.0. The Balaban J connectivity index is 1.82. The molecule has 0 N–H and O–H groups in total. The van der Waals surface area contributed by atoms with Crippen molar-refractivity contribution in [2.75, 3.05) is 0 Å². The van der Waals surface area contributed by atoms with Crippen LogP contribution in [0.1, 0.15) is 21.7 Å². The summed E-state index contributed by atoms with van der Waals surface area (Å²) in [6, 6.07) is 18.2. The number of fused-ring (bicyclic) bond motifs is 1. The van der Waals surface area contributed by atoms with E-state index in [9.17, 15) is 4.79 Å². The summed E-state index contributed by atoms with van der Waals surface area (Å²) in [6.45, 7) is 1.86. The fraction of sp³-hybridized carbons (Fsp3) is 0.0455. The van der Waals surface area contributed by atoms with Gasteiger partial charge in [0.1, 0.15) is 5.58 Å². The molecule has 0 aliphatic carbocycles. The van der Waals surface area contributed by atoms with E-state index in [2.05, 4.69) is 0 Å². The first-order valence-electron chi connectivity index (χ1n) is 8.23. The fourth-order valence-corrected chi connectivity index (χ4v) is 3.84. The molecule has 5 heteroatoms. The Morgan fingerprint density at radius 1 is 0.889 bits per heavy atom. The van der Waals surface area contributed by atoms with Crippen LogP contribution in [0, 0.1) is 6.92 Å². The number of hydrogen-bond acceptors (Lipinski definition) is 2. The molecule has 27 heavy (non-hydrogen) atoms. The minimum absolute atomic E-state index is 0.269. The molecular formula is C22H13Cl3O2. The highest BCUT2D eigenvalue weighted by Crippen LogP contribution is 2.34. The molecule has 0 atom stereocenters. The van der Waals surface area contributed by atoms with Gasteiger partial charge >= 0.3 is 0 Å². The lowest BCUT2D eigenvalue weighted by Gasteiger charge is -2.03. The molecule has 0 saturated heterocycles. The van der Waals surface area contributed by atoms with Crippen molar-refractivity contribution < 1.29 is 9.21 Å². The van der Waals surface area contributed by atoms with Gasteiger partial charge in [0.15, 0.2) is 5.76 Å². The first-order valence-corrected chi connectivity index (χ1v) is 9.37. The van der Waals surface area contributed by atoms with Crippen molar-refractivity contribution in [2.24, 2.45) is 0 Å². The molecule has 0 fully saturated rings. The van der Waals surface area contributed by atoms with Crippen molar-refractivity contribution in [3.8, 4) is 11.1 Å². The van der Waals surface area contributed by atoms with Crippen LogP contribution >= 0.6 is 34.8 Å². The monoisotopic (exact) mass is 414 g/mol. The molecule has 0 unspecified atom stereocenters. The zero-order valence-corrected chi connectivity index (χ0v) is 16.5. The molecule has 0 aliphatic rings. The van der Waals surface area contributed by atoms with Crippen molar-refractivity contribution in [3.05, 3.63) is 92.6 Å². The number of hydrogen-bond donors (Lipinski definition) is 0. The normalized spacial score (nSPS) is 11.1. The van der Waals surface area contributed by atoms with Gasteiger partial charge in [-0.3, -0.25) is 4.79 Å². The van der Waals surface area contributed by atoms with E-state index in [1.54, 1.807) is 18.2 Å². The minimum Gasteiger partial charge on any atom is -0.452 e. The standard InChI is InChI=1S/C22H13Cl3O2/c1-12-15-8-6-13(16-4-2-3-5-18(16)24)10-20(15)27-22(12)21(26)17-9-7-14(23)11-19(17)25/h2-11H,1H3. The van der Waals surface area contributed by atoms with Crippen molar-refractivity contribution in [1.82, 2.24) is 0 Å². The number of benzene rings is 3. The third kappa shape index (κ3) is 3.25. The van der Waals surface area contributed by atoms with Crippen LogP contribution in [0.2, 0.25) is 15.1 Å². The smallest absolute Gasteiger partial charge is 0.229 e. The molecule has 4 rings (SSSR count). The second kappa shape index (κ2) is 7.05. The first-order chi connectivity index (χ1) is 13.0. The highest BCUT2D eigenvalue weighted by atomic mass is 35.5. The highest BCUT2D eigenvalue weighted by molar-refractivity contribution is 6.37. The second-order valence-electron chi connectivity index (χ2n) is 6.20. The van der Waals surface area contributed by atoms with Gasteiger partial charge in [0.05, 0.1) is 5.02 Å². The molecule has 4 aromatic rings. The van der Waals surface area contributed by atoms with Gasteiger partial charge in [-0.25, -0.2) is 0 Å². The van der Waals surface area contributed by atoms with E-state index >= 15 is 0 Å². The summed E-state index contributed by atoms with van der Waals surface area (Å²) < 4.78 is 5.92. The predicted molar refractivity (Wildman–Crippen MR) is 111 cm³/mol. The molecule has 0 bridgehead atoms. The topological polar surface area (TPSA) is 30.2 Å². The molecule has 0 spiro atoms. The van der Waals surface area contributed by atoms with Gasteiger partial charge in [0.25, 0.3) is 0 Å². The number of carbonyl (C=O) groups excluding carboxylic acids is 1. The number of aryl methyl sites for hydroxylation is 1. The highest BCUT2D eigenvalue weighted by Gasteiger charge is 2.21. The van der Waals surface area contributed by atoms with E-state index in [4.69, 9.17) is 39.2 Å². The average molecular weight is 416 g/mol. The van der Waals surface area contributed by atoms with E-state index in [1.165, 1.54) is 0 Å². The largest absolute Gasteiger partial charge is 0.452 e. The Bertz CT molecular complexity index is 1190. The van der Waals surface area contributed by atoms with Crippen LogP contribution in [0.4, 0.5) is 0 Å². The van der Waals surface area contributed by atoms with Crippen LogP contribution in [-0.2, 0) is 0 Å². The Hall–Kier alpha value is -2.26. The molecule has 134 valence electrons. The summed E-state index contributed by atoms with van der Waals surface area (Å²) in [5, 5.41) is 2.30. The zero-order valence-electron chi connectivity index (χ0n) is 14.2. The summed E-state index contributed by atoms with van der Waals surface area (Å²) >= 11 is 18.4. The summed E-state index contributed by atoms with van der Waals surface area (Å²) in [7, 11) is 0. The Morgan fingerprint density at radius 3 is 2.41 bits per heavy atom. The molecule has 3 aromatic carbocycles. The number of carbonyl (C=O) groups is 1. The number of halogens is 3. The van der Waals surface area contributed by atoms with E-state index in [-0.39, 0.29) is 11.5 Å². The van der Waals surface area contributed by atoms with Crippen LogP contribution in [0.3, 0.4) is 0 Å². The van der Waals surface area contributed by atoms with Gasteiger partial charge in [-0.15, -0.1) is 0 Å². The van der Waals surface area contributed by atoms with Gasteiger partial charge in [-0.2, -0.15) is 0 Å². The summed E-state index contributed by atoms with van der Waals surface area (Å²) in [5.74, 6) is -0.00445. The maximum Gasteiger partial charge on any atom is 0.229 e. The van der Waals surface area contributed by atoms with Gasteiger partial charge < -0.3 is 4.42 Å². The number of furan rings is 1. The molecule has 1 aromatic heterocycles. The van der Waals surface area contributed by atoms with Crippen LogP contribution in [0.5, 0.6) is 0 Å². The molecule has 0 radical (unpaired) electrons. The van der Waals surface area contributed by atoms with Gasteiger partial charge in [0, 0.05) is 32.1 Å². The van der Waals surface area contributed by atoms with Crippen LogP contribution in [0.25, 0.3) is 22.1 Å². The minimum atomic E-state index is -0.273. The SMILES string of the molecule is Cc1c(C(=O)c2ccc(Cl)cc2Cl)oc2cc(-c3ccccc3Cl)ccc12.